The number of hydrogen-bond donors (Lipinski definition) is 1. The minimum absolute atomic E-state index is 0. The first-order chi connectivity index (χ1) is 11.5. The second-order valence-corrected chi connectivity index (χ2v) is 8.44. The van der Waals surface area contributed by atoms with Crippen molar-refractivity contribution < 1.29 is 13.2 Å². The Morgan fingerprint density at radius 1 is 1.12 bits per heavy atom. The highest BCUT2D eigenvalue weighted by molar-refractivity contribution is 7.89. The van der Waals surface area contributed by atoms with Crippen LogP contribution < -0.4 is 5.32 Å². The van der Waals surface area contributed by atoms with E-state index in [0.717, 1.165) is 13.1 Å². The van der Waals surface area contributed by atoms with Gasteiger partial charge in [-0.15, -0.1) is 12.4 Å². The summed E-state index contributed by atoms with van der Waals surface area (Å²) in [6.07, 6.45) is 0. The largest absolute Gasteiger partial charge is 0.339 e. The molecule has 0 aliphatic carbocycles. The third-order valence-corrected chi connectivity index (χ3v) is 6.99. The topological polar surface area (TPSA) is 69.7 Å². The van der Waals surface area contributed by atoms with E-state index in [1.54, 1.807) is 33.5 Å². The molecule has 140 valence electrons. The van der Waals surface area contributed by atoms with E-state index in [1.165, 1.54) is 0 Å². The molecule has 2 heterocycles. The second-order valence-electron chi connectivity index (χ2n) is 6.50. The summed E-state index contributed by atoms with van der Waals surface area (Å²) in [6.45, 7) is 8.10. The molecule has 1 N–H and O–H groups in total. The van der Waals surface area contributed by atoms with Crippen molar-refractivity contribution in [2.75, 3.05) is 39.3 Å². The molecule has 0 saturated carbocycles. The summed E-state index contributed by atoms with van der Waals surface area (Å²) in [5.74, 6) is 0.775. The van der Waals surface area contributed by atoms with Gasteiger partial charge >= 0.3 is 0 Å². The summed E-state index contributed by atoms with van der Waals surface area (Å²) in [7, 11) is -3.47. The zero-order valence-corrected chi connectivity index (χ0v) is 16.3. The van der Waals surface area contributed by atoms with E-state index in [4.69, 9.17) is 0 Å². The molecule has 1 amide bonds. The zero-order chi connectivity index (χ0) is 17.3. The molecule has 2 aliphatic heterocycles. The van der Waals surface area contributed by atoms with Gasteiger partial charge < -0.3 is 10.2 Å². The maximum absolute atomic E-state index is 12.8. The van der Waals surface area contributed by atoms with Gasteiger partial charge in [0.1, 0.15) is 0 Å². The molecule has 1 aromatic rings. The number of carbonyl (C=O) groups is 1. The van der Waals surface area contributed by atoms with Crippen molar-refractivity contribution in [2.45, 2.75) is 18.7 Å². The Kier molecular flexibility index (Phi) is 6.48. The minimum Gasteiger partial charge on any atom is -0.339 e. The van der Waals surface area contributed by atoms with Crippen LogP contribution in [0.2, 0.25) is 0 Å². The smallest absolute Gasteiger partial charge is 0.253 e. The lowest BCUT2D eigenvalue weighted by Crippen LogP contribution is -2.32. The van der Waals surface area contributed by atoms with Gasteiger partial charge in [0.15, 0.2) is 0 Å². The normalized spacial score (nSPS) is 23.1. The van der Waals surface area contributed by atoms with Crippen LogP contribution in [0, 0.1) is 11.8 Å². The molecule has 0 radical (unpaired) electrons. The second kappa shape index (κ2) is 8.03. The molecule has 2 aliphatic rings. The fourth-order valence-electron chi connectivity index (χ4n) is 3.62. The number of sulfonamides is 1. The van der Waals surface area contributed by atoms with Crippen molar-refractivity contribution in [3.63, 3.8) is 0 Å². The third kappa shape index (κ3) is 3.84. The number of nitrogens with one attached hydrogen (secondary N) is 1. The molecule has 6 nitrogen and oxygen atoms in total. The summed E-state index contributed by atoms with van der Waals surface area (Å²) < 4.78 is 27.2. The van der Waals surface area contributed by atoms with Crippen LogP contribution in [0.15, 0.2) is 29.2 Å². The molecular formula is C17H26ClN3O3S. The van der Waals surface area contributed by atoms with E-state index in [0.29, 0.717) is 43.6 Å². The summed E-state index contributed by atoms with van der Waals surface area (Å²) in [6, 6.07) is 6.34. The Labute approximate surface area is 156 Å². The maximum Gasteiger partial charge on any atom is 0.253 e. The molecule has 2 saturated heterocycles. The van der Waals surface area contributed by atoms with E-state index < -0.39 is 10.0 Å². The quantitative estimate of drug-likeness (QED) is 0.829. The number of rotatable bonds is 5. The van der Waals surface area contributed by atoms with Crippen LogP contribution >= 0.6 is 12.4 Å². The van der Waals surface area contributed by atoms with E-state index in [2.05, 4.69) is 5.32 Å². The van der Waals surface area contributed by atoms with Gasteiger partial charge in [-0.05, 0) is 63.0 Å². The molecule has 8 heteroatoms. The van der Waals surface area contributed by atoms with Crippen molar-refractivity contribution in [1.82, 2.24) is 14.5 Å². The van der Waals surface area contributed by atoms with Gasteiger partial charge in [-0.2, -0.15) is 4.31 Å². The molecule has 25 heavy (non-hydrogen) atoms. The predicted molar refractivity (Wildman–Crippen MR) is 99.6 cm³/mol. The standard InChI is InChI=1S/C17H25N3O3S.ClH/c1-3-19(4-2)17(21)13-5-7-16(8-6-13)24(22,23)20-11-14-9-18-10-15(14)12-20;/h5-8,14-15,18H,3-4,9-12H2,1-2H3;1H/t14-,15+;. The van der Waals surface area contributed by atoms with Crippen molar-refractivity contribution in [2.24, 2.45) is 11.8 Å². The highest BCUT2D eigenvalue weighted by Gasteiger charge is 2.41. The van der Waals surface area contributed by atoms with Crippen LogP contribution in [0.25, 0.3) is 0 Å². The van der Waals surface area contributed by atoms with Crippen LogP contribution in [0.4, 0.5) is 0 Å². The maximum atomic E-state index is 12.8. The molecule has 0 aromatic heterocycles. The first-order valence-electron chi connectivity index (χ1n) is 8.57. The van der Waals surface area contributed by atoms with Gasteiger partial charge in [-0.3, -0.25) is 4.79 Å². The van der Waals surface area contributed by atoms with Gasteiger partial charge in [0.05, 0.1) is 4.90 Å². The first kappa shape index (κ1) is 20.2. The summed E-state index contributed by atoms with van der Waals surface area (Å²) in [4.78, 5) is 14.3. The van der Waals surface area contributed by atoms with E-state index in [-0.39, 0.29) is 23.2 Å². The van der Waals surface area contributed by atoms with Crippen LogP contribution in [0.3, 0.4) is 0 Å². The third-order valence-electron chi connectivity index (χ3n) is 5.15. The molecule has 2 atom stereocenters. The number of nitrogens with zero attached hydrogens (tertiary/aromatic N) is 2. The van der Waals surface area contributed by atoms with Gasteiger partial charge in [-0.25, -0.2) is 8.42 Å². The molecule has 1 aromatic carbocycles. The zero-order valence-electron chi connectivity index (χ0n) is 14.6. The Bertz CT molecular complexity index is 692. The Morgan fingerprint density at radius 3 is 2.12 bits per heavy atom. The van der Waals surface area contributed by atoms with Gasteiger partial charge in [0.2, 0.25) is 10.0 Å². The Morgan fingerprint density at radius 2 is 1.64 bits per heavy atom. The summed E-state index contributed by atoms with van der Waals surface area (Å²) in [5.41, 5.74) is 0.528. The Balaban J connectivity index is 0.00000225. The van der Waals surface area contributed by atoms with Crippen molar-refractivity contribution in [3.8, 4) is 0 Å². The highest BCUT2D eigenvalue weighted by Crippen LogP contribution is 2.30. The summed E-state index contributed by atoms with van der Waals surface area (Å²) in [5, 5.41) is 3.31. The number of benzene rings is 1. The van der Waals surface area contributed by atoms with E-state index in [1.807, 2.05) is 13.8 Å². The van der Waals surface area contributed by atoms with Crippen molar-refractivity contribution in [1.29, 1.82) is 0 Å². The number of carbonyl (C=O) groups excluding carboxylic acids is 1. The van der Waals surface area contributed by atoms with Crippen molar-refractivity contribution in [3.05, 3.63) is 29.8 Å². The summed E-state index contributed by atoms with van der Waals surface area (Å²) >= 11 is 0. The van der Waals surface area contributed by atoms with Crippen LogP contribution in [0.1, 0.15) is 24.2 Å². The lowest BCUT2D eigenvalue weighted by molar-refractivity contribution is 0.0773. The van der Waals surface area contributed by atoms with Gasteiger partial charge in [0.25, 0.3) is 5.91 Å². The minimum atomic E-state index is -3.47. The number of amides is 1. The number of fused-ring (bicyclic) bond motifs is 1. The Hall–Kier alpha value is -1.15. The first-order valence-corrected chi connectivity index (χ1v) is 10.0. The highest BCUT2D eigenvalue weighted by atomic mass is 35.5. The van der Waals surface area contributed by atoms with Gasteiger partial charge in [-0.1, -0.05) is 0 Å². The molecule has 2 fully saturated rings. The lowest BCUT2D eigenvalue weighted by Gasteiger charge is -2.20. The van der Waals surface area contributed by atoms with Crippen LogP contribution in [-0.2, 0) is 10.0 Å². The van der Waals surface area contributed by atoms with E-state index in [9.17, 15) is 13.2 Å². The lowest BCUT2D eigenvalue weighted by atomic mass is 10.0. The van der Waals surface area contributed by atoms with Crippen LogP contribution in [-0.4, -0.2) is 62.8 Å². The molecule has 0 unspecified atom stereocenters. The fourth-order valence-corrected chi connectivity index (χ4v) is 5.17. The predicted octanol–water partition coefficient (Wildman–Crippen LogP) is 1.43. The average Bonchev–Trinajstić information content (AvgIpc) is 3.18. The average molecular weight is 388 g/mol. The molecular weight excluding hydrogens is 362 g/mol. The number of hydrogen-bond acceptors (Lipinski definition) is 4. The number of halogens is 1. The van der Waals surface area contributed by atoms with Crippen LogP contribution in [0.5, 0.6) is 0 Å². The molecule has 3 rings (SSSR count). The molecule has 0 bridgehead atoms. The van der Waals surface area contributed by atoms with E-state index >= 15 is 0 Å². The van der Waals surface area contributed by atoms with Crippen molar-refractivity contribution >= 4 is 28.3 Å². The molecule has 0 spiro atoms. The van der Waals surface area contributed by atoms with Gasteiger partial charge in [0, 0.05) is 31.7 Å². The monoisotopic (exact) mass is 387 g/mol. The SMILES string of the molecule is CCN(CC)C(=O)c1ccc(S(=O)(=O)N2C[C@H]3CNC[C@H]3C2)cc1.Cl. The fraction of sp³-hybridized carbons (Fsp3) is 0.588.